The maximum Gasteiger partial charge on any atom is 0.422 e. The number of nitrogens with one attached hydrogen (secondary N) is 1. The summed E-state index contributed by atoms with van der Waals surface area (Å²) >= 11 is 3.31. The van der Waals surface area contributed by atoms with Crippen LogP contribution in [0.25, 0.3) is 0 Å². The number of hydrogen-bond donors (Lipinski definition) is 1. The van der Waals surface area contributed by atoms with Crippen molar-refractivity contribution >= 4 is 15.9 Å². The lowest BCUT2D eigenvalue weighted by Crippen LogP contribution is -2.40. The smallest absolute Gasteiger partial charge is 0.422 e. The molecule has 1 aromatic rings. The van der Waals surface area contributed by atoms with Gasteiger partial charge in [0.15, 0.2) is 6.61 Å². The predicted molar refractivity (Wildman–Crippen MR) is 83.1 cm³/mol. The summed E-state index contributed by atoms with van der Waals surface area (Å²) in [6, 6.07) is 5.54. The number of halogens is 4. The Labute approximate surface area is 136 Å². The van der Waals surface area contributed by atoms with Gasteiger partial charge >= 0.3 is 6.18 Å². The Bertz CT molecular complexity index is 488. The third-order valence-electron chi connectivity index (χ3n) is 3.65. The number of rotatable bonds is 5. The summed E-state index contributed by atoms with van der Waals surface area (Å²) in [5.41, 5.74) is 0.908. The van der Waals surface area contributed by atoms with Crippen LogP contribution >= 0.6 is 15.9 Å². The summed E-state index contributed by atoms with van der Waals surface area (Å²) in [7, 11) is 2.11. The third-order valence-corrected chi connectivity index (χ3v) is 4.10. The van der Waals surface area contributed by atoms with E-state index in [-0.39, 0.29) is 5.75 Å². The zero-order valence-corrected chi connectivity index (χ0v) is 14.0. The molecule has 0 atom stereocenters. The summed E-state index contributed by atoms with van der Waals surface area (Å²) in [6.07, 6.45) is -2.15. The van der Waals surface area contributed by atoms with Gasteiger partial charge in [0.1, 0.15) is 5.75 Å². The first kappa shape index (κ1) is 17.6. The van der Waals surface area contributed by atoms with Crippen molar-refractivity contribution in [2.24, 2.45) is 0 Å². The van der Waals surface area contributed by atoms with Crippen molar-refractivity contribution in [2.75, 3.05) is 26.7 Å². The summed E-state index contributed by atoms with van der Waals surface area (Å²) in [6.45, 7) is 1.48. The van der Waals surface area contributed by atoms with Crippen molar-refractivity contribution in [1.29, 1.82) is 0 Å². The van der Waals surface area contributed by atoms with Gasteiger partial charge in [-0.3, -0.25) is 0 Å². The normalized spacial score (nSPS) is 17.7. The molecule has 0 aromatic heterocycles. The Morgan fingerprint density at radius 1 is 1.27 bits per heavy atom. The van der Waals surface area contributed by atoms with Gasteiger partial charge in [-0.15, -0.1) is 0 Å². The predicted octanol–water partition coefficient (Wildman–Crippen LogP) is 3.57. The lowest BCUT2D eigenvalue weighted by atomic mass is 10.1. The number of likely N-dealkylation sites (tertiary alicyclic amines) is 1. The van der Waals surface area contributed by atoms with Gasteiger partial charge in [-0.05, 0) is 56.7 Å². The monoisotopic (exact) mass is 380 g/mol. The molecule has 0 unspecified atom stereocenters. The standard InChI is InChI=1S/C15H20BrF3N2O/c1-21-4-2-13(3-5-21)20-9-11-6-12(16)8-14(7-11)22-10-15(17,18)19/h6-8,13,20H,2-5,9-10H2,1H3. The number of ether oxygens (including phenoxy) is 1. The number of benzene rings is 1. The van der Waals surface area contributed by atoms with Crippen LogP contribution in [0.2, 0.25) is 0 Å². The van der Waals surface area contributed by atoms with Crippen LogP contribution in [0.15, 0.2) is 22.7 Å². The molecule has 124 valence electrons. The van der Waals surface area contributed by atoms with Crippen LogP contribution in [0.5, 0.6) is 5.75 Å². The van der Waals surface area contributed by atoms with E-state index in [9.17, 15) is 13.2 Å². The van der Waals surface area contributed by atoms with E-state index in [0.29, 0.717) is 17.1 Å². The minimum atomic E-state index is -4.32. The SMILES string of the molecule is CN1CCC(NCc2cc(Br)cc(OCC(F)(F)F)c2)CC1. The second kappa shape index (κ2) is 7.66. The van der Waals surface area contributed by atoms with Crippen molar-refractivity contribution in [1.82, 2.24) is 10.2 Å². The number of nitrogens with zero attached hydrogens (tertiary/aromatic N) is 1. The molecule has 1 heterocycles. The number of piperidine rings is 1. The molecular formula is C15H20BrF3N2O. The quantitative estimate of drug-likeness (QED) is 0.844. The van der Waals surface area contributed by atoms with Crippen LogP contribution in [0.4, 0.5) is 13.2 Å². The fourth-order valence-electron chi connectivity index (χ4n) is 2.45. The van der Waals surface area contributed by atoms with E-state index in [0.717, 1.165) is 31.5 Å². The van der Waals surface area contributed by atoms with Crippen molar-refractivity contribution in [3.63, 3.8) is 0 Å². The average molecular weight is 381 g/mol. The Morgan fingerprint density at radius 2 is 1.95 bits per heavy atom. The topological polar surface area (TPSA) is 24.5 Å². The first-order chi connectivity index (χ1) is 10.3. The second-order valence-electron chi connectivity index (χ2n) is 5.66. The lowest BCUT2D eigenvalue weighted by molar-refractivity contribution is -0.153. The summed E-state index contributed by atoms with van der Waals surface area (Å²) in [5, 5.41) is 3.46. The highest BCUT2D eigenvalue weighted by molar-refractivity contribution is 9.10. The first-order valence-electron chi connectivity index (χ1n) is 7.23. The third kappa shape index (κ3) is 6.14. The molecule has 0 bridgehead atoms. The highest BCUT2D eigenvalue weighted by atomic mass is 79.9. The van der Waals surface area contributed by atoms with Crippen molar-refractivity contribution < 1.29 is 17.9 Å². The minimum absolute atomic E-state index is 0.229. The van der Waals surface area contributed by atoms with Gasteiger partial charge in [-0.25, -0.2) is 0 Å². The molecule has 0 radical (unpaired) electrons. The fraction of sp³-hybridized carbons (Fsp3) is 0.600. The molecule has 0 saturated carbocycles. The molecule has 1 N–H and O–H groups in total. The molecule has 3 nitrogen and oxygen atoms in total. The van der Waals surface area contributed by atoms with Gasteiger partial charge in [-0.2, -0.15) is 13.2 Å². The van der Waals surface area contributed by atoms with Crippen molar-refractivity contribution in [3.05, 3.63) is 28.2 Å². The summed E-state index contributed by atoms with van der Waals surface area (Å²) in [5.74, 6) is 0.229. The molecule has 1 aliphatic heterocycles. The number of alkyl halides is 3. The summed E-state index contributed by atoms with van der Waals surface area (Å²) < 4.78 is 42.2. The van der Waals surface area contributed by atoms with Gasteiger partial charge in [0.2, 0.25) is 0 Å². The Morgan fingerprint density at radius 3 is 2.59 bits per heavy atom. The zero-order chi connectivity index (χ0) is 16.2. The van der Waals surface area contributed by atoms with Gasteiger partial charge in [0.05, 0.1) is 0 Å². The van der Waals surface area contributed by atoms with Crippen LogP contribution < -0.4 is 10.1 Å². The Hall–Kier alpha value is -0.790. The number of hydrogen-bond acceptors (Lipinski definition) is 3. The van der Waals surface area contributed by atoms with Crippen molar-refractivity contribution in [3.8, 4) is 5.75 Å². The minimum Gasteiger partial charge on any atom is -0.484 e. The molecule has 22 heavy (non-hydrogen) atoms. The molecule has 0 aliphatic carbocycles. The zero-order valence-electron chi connectivity index (χ0n) is 12.4. The van der Waals surface area contributed by atoms with E-state index < -0.39 is 12.8 Å². The average Bonchev–Trinajstić information content (AvgIpc) is 2.43. The largest absolute Gasteiger partial charge is 0.484 e. The van der Waals surface area contributed by atoms with E-state index in [1.165, 1.54) is 0 Å². The molecule has 1 saturated heterocycles. The maximum atomic E-state index is 12.2. The molecular weight excluding hydrogens is 361 g/mol. The molecule has 1 fully saturated rings. The van der Waals surface area contributed by atoms with Crippen LogP contribution in [0.1, 0.15) is 18.4 Å². The van der Waals surface area contributed by atoms with Gasteiger partial charge in [0.25, 0.3) is 0 Å². The van der Waals surface area contributed by atoms with Crippen LogP contribution in [-0.2, 0) is 6.54 Å². The van der Waals surface area contributed by atoms with Crippen LogP contribution in [0.3, 0.4) is 0 Å². The summed E-state index contributed by atoms with van der Waals surface area (Å²) in [4.78, 5) is 2.29. The first-order valence-corrected chi connectivity index (χ1v) is 8.02. The highest BCUT2D eigenvalue weighted by Gasteiger charge is 2.28. The molecule has 0 amide bonds. The molecule has 1 aliphatic rings. The van der Waals surface area contributed by atoms with E-state index in [1.54, 1.807) is 12.1 Å². The highest BCUT2D eigenvalue weighted by Crippen LogP contribution is 2.24. The van der Waals surface area contributed by atoms with E-state index in [4.69, 9.17) is 4.74 Å². The molecule has 7 heteroatoms. The molecule has 0 spiro atoms. The van der Waals surface area contributed by atoms with E-state index in [2.05, 4.69) is 33.2 Å². The maximum absolute atomic E-state index is 12.2. The van der Waals surface area contributed by atoms with Crippen LogP contribution in [0, 0.1) is 0 Å². The lowest BCUT2D eigenvalue weighted by Gasteiger charge is -2.29. The second-order valence-corrected chi connectivity index (χ2v) is 6.57. The van der Waals surface area contributed by atoms with Gasteiger partial charge in [-0.1, -0.05) is 15.9 Å². The van der Waals surface area contributed by atoms with Gasteiger partial charge < -0.3 is 15.0 Å². The van der Waals surface area contributed by atoms with E-state index in [1.807, 2.05) is 6.07 Å². The van der Waals surface area contributed by atoms with Crippen molar-refractivity contribution in [2.45, 2.75) is 31.6 Å². The van der Waals surface area contributed by atoms with Crippen LogP contribution in [-0.4, -0.2) is 43.9 Å². The van der Waals surface area contributed by atoms with Gasteiger partial charge in [0, 0.05) is 17.1 Å². The van der Waals surface area contributed by atoms with E-state index >= 15 is 0 Å². The molecule has 2 rings (SSSR count). The molecule has 1 aromatic carbocycles. The Balaban J connectivity index is 1.89. The fourth-order valence-corrected chi connectivity index (χ4v) is 2.97. The Kier molecular flexibility index (Phi) is 6.11.